The molecule has 2 heterocycles. The van der Waals surface area contributed by atoms with Gasteiger partial charge < -0.3 is 24.6 Å². The van der Waals surface area contributed by atoms with Gasteiger partial charge in [0.15, 0.2) is 0 Å². The first-order chi connectivity index (χ1) is 30.3. The van der Waals surface area contributed by atoms with E-state index in [9.17, 15) is 18.0 Å². The summed E-state index contributed by atoms with van der Waals surface area (Å²) >= 11 is 0. The Kier molecular flexibility index (Phi) is 18.1. The Morgan fingerprint density at radius 1 is 0.683 bits per heavy atom. The summed E-state index contributed by atoms with van der Waals surface area (Å²) in [5, 5.41) is 16.9. The highest BCUT2D eigenvalue weighted by atomic mass is 32.2. The highest BCUT2D eigenvalue weighted by Crippen LogP contribution is 2.34. The normalized spacial score (nSPS) is 22.5. The van der Waals surface area contributed by atoms with Crippen molar-refractivity contribution in [2.45, 2.75) is 123 Å². The van der Waals surface area contributed by atoms with Crippen molar-refractivity contribution in [3.8, 4) is 11.5 Å². The number of carboxylic acid groups (broad SMARTS) is 1. The van der Waals surface area contributed by atoms with E-state index in [4.69, 9.17) is 23.5 Å². The second-order valence-electron chi connectivity index (χ2n) is 18.3. The van der Waals surface area contributed by atoms with E-state index >= 15 is 0 Å². The maximum absolute atomic E-state index is 11.1. The summed E-state index contributed by atoms with van der Waals surface area (Å²) in [4.78, 5) is 24.6. The van der Waals surface area contributed by atoms with Gasteiger partial charge in [0.05, 0.1) is 43.5 Å². The van der Waals surface area contributed by atoms with Crippen molar-refractivity contribution in [1.29, 1.82) is 0 Å². The lowest BCUT2D eigenvalue weighted by Crippen LogP contribution is -2.35. The van der Waals surface area contributed by atoms with Gasteiger partial charge in [0.1, 0.15) is 11.5 Å². The Hall–Kier alpha value is -4.23. The van der Waals surface area contributed by atoms with Gasteiger partial charge in [-0.25, -0.2) is 0 Å². The van der Waals surface area contributed by atoms with Crippen molar-refractivity contribution in [2.75, 3.05) is 39.0 Å². The Labute approximate surface area is 375 Å². The molecule has 0 aromatic heterocycles. The van der Waals surface area contributed by atoms with Gasteiger partial charge in [0.25, 0.3) is 10.1 Å². The first kappa shape index (κ1) is 48.2. The highest BCUT2D eigenvalue weighted by Gasteiger charge is 2.25. The van der Waals surface area contributed by atoms with Crippen LogP contribution in [0.15, 0.2) is 72.8 Å². The van der Waals surface area contributed by atoms with E-state index < -0.39 is 16.1 Å². The fraction of sp³-hybridized carbons (Fsp3) is 0.569. The van der Waals surface area contributed by atoms with Gasteiger partial charge in [-0.2, -0.15) is 8.42 Å². The minimum atomic E-state index is -3.43. The third-order valence-electron chi connectivity index (χ3n) is 13.1. The predicted octanol–water partition coefficient (Wildman–Crippen LogP) is 9.92. The molecule has 2 aliphatic heterocycles. The molecular weight excluding hydrogens is 817 g/mol. The van der Waals surface area contributed by atoms with Crippen LogP contribution in [0, 0.1) is 23.7 Å². The maximum Gasteiger partial charge on any atom is 0.309 e. The van der Waals surface area contributed by atoms with Crippen molar-refractivity contribution < 1.29 is 41.5 Å². The minimum absolute atomic E-state index is 0.0194. The van der Waals surface area contributed by atoms with Gasteiger partial charge in [-0.1, -0.05) is 62.4 Å². The summed E-state index contributed by atoms with van der Waals surface area (Å²) in [6.07, 6.45) is 14.6. The van der Waals surface area contributed by atoms with Crippen LogP contribution in [0.1, 0.15) is 109 Å². The number of ether oxygens (including phenoxy) is 3. The number of hydrogen-bond acceptors (Lipinski definition) is 10. The summed E-state index contributed by atoms with van der Waals surface area (Å²) in [7, 11) is -3.43. The molecule has 0 amide bonds. The molecule has 11 nitrogen and oxygen atoms in total. The monoisotopic (exact) mass is 886 g/mol. The maximum atomic E-state index is 11.1. The van der Waals surface area contributed by atoms with Crippen LogP contribution in [0.2, 0.25) is 0 Å². The molecule has 8 rings (SSSR count). The van der Waals surface area contributed by atoms with Crippen LogP contribution >= 0.6 is 0 Å². The van der Waals surface area contributed by atoms with Crippen molar-refractivity contribution in [2.24, 2.45) is 23.7 Å². The van der Waals surface area contributed by atoms with Gasteiger partial charge >= 0.3 is 11.9 Å². The lowest BCUT2D eigenvalue weighted by molar-refractivity contribution is -0.149. The number of benzene rings is 4. The predicted molar refractivity (Wildman–Crippen MR) is 249 cm³/mol. The number of carbonyl (C=O) groups is 2. The quantitative estimate of drug-likeness (QED) is 0.104. The zero-order chi connectivity index (χ0) is 44.8. The SMILES string of the molecule is CC1CCC(Oc2cccc3cc(CN4CCC(C(=O)O)CC4)ccc23)CC1.CC1CCC(Oc2cccc3cc(COS(C)(=O)=O)ccc23)CC1.CCOC(=O)C1CCNCC1. The van der Waals surface area contributed by atoms with Crippen LogP contribution in [0.4, 0.5) is 0 Å². The topological polar surface area (TPSA) is 141 Å². The standard InChI is InChI=1S/C24H31NO3.C19H24O4S.C8H15NO2/c1-17-5-8-21(9-6-17)28-23-4-2-3-20-15-18(7-10-22(20)23)16-25-13-11-19(12-14-25)24(26)27;1-14-6-9-17(10-7-14)23-19-5-3-4-16-12-15(8-11-18(16)19)13-22-24(2,20)21;1-2-11-8(10)7-3-5-9-6-4-7/h2-4,7,10,15,17,19,21H,5-6,8-9,11-14,16H2,1H3,(H,26,27);3-5,8,11-12,14,17H,6-7,9-10,13H2,1-2H3;7,9H,2-6H2,1H3. The average molecular weight is 887 g/mol. The van der Waals surface area contributed by atoms with E-state index in [0.717, 1.165) is 130 Å². The summed E-state index contributed by atoms with van der Waals surface area (Å²) in [6, 6.07) is 24.8. The molecule has 2 N–H and O–H groups in total. The number of nitrogens with one attached hydrogen (secondary N) is 1. The largest absolute Gasteiger partial charge is 0.490 e. The number of esters is 1. The van der Waals surface area contributed by atoms with Crippen LogP contribution < -0.4 is 14.8 Å². The fourth-order valence-corrected chi connectivity index (χ4v) is 9.49. The number of carboxylic acids is 1. The Morgan fingerprint density at radius 3 is 1.68 bits per heavy atom. The molecule has 0 atom stereocenters. The summed E-state index contributed by atoms with van der Waals surface area (Å²) < 4.78 is 44.6. The molecule has 4 aromatic carbocycles. The molecule has 0 spiro atoms. The van der Waals surface area contributed by atoms with Crippen molar-refractivity contribution in [1.82, 2.24) is 10.2 Å². The molecule has 4 aromatic rings. The van der Waals surface area contributed by atoms with E-state index in [0.29, 0.717) is 18.8 Å². The molecule has 2 saturated carbocycles. The molecule has 2 saturated heterocycles. The summed E-state index contributed by atoms with van der Waals surface area (Å²) in [5.41, 5.74) is 2.11. The molecule has 12 heteroatoms. The minimum Gasteiger partial charge on any atom is -0.490 e. The first-order valence-electron chi connectivity index (χ1n) is 23.4. The second kappa shape index (κ2) is 23.6. The lowest BCUT2D eigenvalue weighted by atomic mass is 9.89. The van der Waals surface area contributed by atoms with Crippen LogP contribution in [0.5, 0.6) is 11.5 Å². The van der Waals surface area contributed by atoms with E-state index in [1.807, 2.05) is 43.3 Å². The smallest absolute Gasteiger partial charge is 0.309 e. The number of aliphatic carboxylic acids is 1. The van der Waals surface area contributed by atoms with E-state index in [2.05, 4.69) is 60.5 Å². The van der Waals surface area contributed by atoms with Gasteiger partial charge in [-0.3, -0.25) is 18.7 Å². The number of likely N-dealkylation sites (tertiary alicyclic amines) is 1. The Balaban J connectivity index is 0.000000171. The number of piperidine rings is 2. The zero-order valence-electron chi connectivity index (χ0n) is 37.9. The summed E-state index contributed by atoms with van der Waals surface area (Å²) in [6.45, 7) is 11.5. The number of fused-ring (bicyclic) bond motifs is 2. The van der Waals surface area contributed by atoms with Crippen molar-refractivity contribution in [3.63, 3.8) is 0 Å². The average Bonchev–Trinajstić information content (AvgIpc) is 3.28. The molecule has 0 bridgehead atoms. The number of rotatable bonds is 12. The molecule has 344 valence electrons. The Bertz CT molecular complexity index is 2180. The number of hydrogen-bond donors (Lipinski definition) is 2. The summed E-state index contributed by atoms with van der Waals surface area (Å²) in [5.74, 6) is 2.85. The molecule has 0 radical (unpaired) electrons. The first-order valence-corrected chi connectivity index (χ1v) is 25.2. The number of nitrogens with zero attached hydrogens (tertiary/aromatic N) is 1. The molecule has 0 unspecified atom stereocenters. The van der Waals surface area contributed by atoms with E-state index in [-0.39, 0.29) is 24.4 Å². The molecule has 4 aliphatic rings. The highest BCUT2D eigenvalue weighted by molar-refractivity contribution is 7.85. The van der Waals surface area contributed by atoms with Gasteiger partial charge in [0, 0.05) is 17.3 Å². The van der Waals surface area contributed by atoms with Crippen LogP contribution in [0.3, 0.4) is 0 Å². The van der Waals surface area contributed by atoms with Crippen LogP contribution in [0.25, 0.3) is 21.5 Å². The third kappa shape index (κ3) is 15.2. The van der Waals surface area contributed by atoms with Crippen molar-refractivity contribution >= 4 is 43.6 Å². The van der Waals surface area contributed by atoms with Crippen LogP contribution in [-0.4, -0.2) is 81.6 Å². The van der Waals surface area contributed by atoms with Crippen LogP contribution in [-0.2, 0) is 41.8 Å². The van der Waals surface area contributed by atoms with Gasteiger partial charge in [-0.15, -0.1) is 0 Å². The fourth-order valence-electron chi connectivity index (χ4n) is 9.14. The van der Waals surface area contributed by atoms with Gasteiger partial charge in [0.2, 0.25) is 0 Å². The lowest BCUT2D eigenvalue weighted by Gasteiger charge is -2.30. The molecular formula is C51H70N2O9S. The zero-order valence-corrected chi connectivity index (χ0v) is 38.7. The molecule has 63 heavy (non-hydrogen) atoms. The number of carbonyl (C=O) groups excluding carboxylic acids is 1. The van der Waals surface area contributed by atoms with Gasteiger partial charge in [-0.05, 0) is 168 Å². The van der Waals surface area contributed by atoms with Crippen molar-refractivity contribution in [3.05, 3.63) is 83.9 Å². The Morgan fingerprint density at radius 2 is 1.19 bits per heavy atom. The molecule has 2 aliphatic carbocycles. The van der Waals surface area contributed by atoms with E-state index in [1.54, 1.807) is 0 Å². The third-order valence-corrected chi connectivity index (χ3v) is 13.6. The van der Waals surface area contributed by atoms with E-state index in [1.165, 1.54) is 42.0 Å². The second-order valence-corrected chi connectivity index (χ2v) is 19.9. The molecule has 4 fully saturated rings.